The van der Waals surface area contributed by atoms with Gasteiger partial charge in [-0.05, 0) is 67.7 Å². The van der Waals surface area contributed by atoms with Crippen LogP contribution in [0.2, 0.25) is 0 Å². The minimum absolute atomic E-state index is 0.0221. The fourth-order valence-corrected chi connectivity index (χ4v) is 4.29. The Bertz CT molecular complexity index is 1150. The number of imidazole rings is 1. The number of aryl methyl sites for hydroxylation is 1. The van der Waals surface area contributed by atoms with Gasteiger partial charge in [-0.3, -0.25) is 4.79 Å². The number of nitrogens with zero attached hydrogens (tertiary/aromatic N) is 3. The molecule has 1 aliphatic heterocycles. The molecule has 1 saturated heterocycles. The van der Waals surface area contributed by atoms with E-state index in [9.17, 15) is 9.18 Å². The second-order valence-corrected chi connectivity index (χ2v) is 8.50. The third kappa shape index (κ3) is 4.44. The number of rotatable bonds is 5. The Morgan fingerprint density at radius 2 is 1.94 bits per heavy atom. The summed E-state index contributed by atoms with van der Waals surface area (Å²) in [6, 6.07) is 12.4. The number of likely N-dealkylation sites (tertiary alicyclic amines) is 1. The molecule has 1 amide bonds. The van der Waals surface area contributed by atoms with Crippen LogP contribution in [0.3, 0.4) is 0 Å². The van der Waals surface area contributed by atoms with Crippen molar-refractivity contribution in [1.82, 2.24) is 14.5 Å². The van der Waals surface area contributed by atoms with Crippen LogP contribution in [0.1, 0.15) is 37.1 Å². The molecule has 32 heavy (non-hydrogen) atoms. The van der Waals surface area contributed by atoms with Crippen molar-refractivity contribution in [2.45, 2.75) is 39.8 Å². The molecule has 2 atom stereocenters. The van der Waals surface area contributed by atoms with Crippen molar-refractivity contribution in [2.24, 2.45) is 5.92 Å². The van der Waals surface area contributed by atoms with Crippen LogP contribution in [0.4, 0.5) is 4.39 Å². The van der Waals surface area contributed by atoms with Gasteiger partial charge in [-0.15, -0.1) is 0 Å². The summed E-state index contributed by atoms with van der Waals surface area (Å²) in [4.78, 5) is 19.6. The van der Waals surface area contributed by atoms with Gasteiger partial charge in [0.25, 0.3) is 5.91 Å². The molecule has 1 aromatic heterocycles. The number of piperidine rings is 1. The molecule has 1 fully saturated rings. The average molecular weight is 434 g/mol. The van der Waals surface area contributed by atoms with E-state index in [1.807, 2.05) is 46.9 Å². The molecule has 5 nitrogen and oxygen atoms in total. The zero-order valence-corrected chi connectivity index (χ0v) is 18.9. The number of carbonyl (C=O) groups excluding carboxylic acids is 1. The van der Waals surface area contributed by atoms with E-state index in [2.05, 4.69) is 18.8 Å². The van der Waals surface area contributed by atoms with Crippen molar-refractivity contribution in [3.63, 3.8) is 0 Å². The summed E-state index contributed by atoms with van der Waals surface area (Å²) in [5.74, 6) is 0.603. The van der Waals surface area contributed by atoms with Crippen molar-refractivity contribution < 1.29 is 13.9 Å². The molecule has 0 bridgehead atoms. The molecule has 0 unspecified atom stereocenters. The first kappa shape index (κ1) is 21.8. The molecule has 2 aromatic carbocycles. The highest BCUT2D eigenvalue weighted by molar-refractivity contribution is 5.99. The zero-order chi connectivity index (χ0) is 22.8. The van der Waals surface area contributed by atoms with Crippen LogP contribution < -0.4 is 4.74 Å². The Balaban J connectivity index is 1.63. The zero-order valence-electron chi connectivity index (χ0n) is 18.9. The number of hydrogen-bond donors (Lipinski definition) is 0. The van der Waals surface area contributed by atoms with E-state index in [4.69, 9.17) is 4.74 Å². The van der Waals surface area contributed by atoms with Crippen molar-refractivity contribution in [1.29, 1.82) is 0 Å². The lowest BCUT2D eigenvalue weighted by molar-refractivity contribution is -0.132. The predicted molar refractivity (Wildman–Crippen MR) is 123 cm³/mol. The Morgan fingerprint density at radius 1 is 1.19 bits per heavy atom. The molecular weight excluding hydrogens is 405 g/mol. The van der Waals surface area contributed by atoms with E-state index in [1.165, 1.54) is 12.1 Å². The first-order valence-corrected chi connectivity index (χ1v) is 10.8. The van der Waals surface area contributed by atoms with E-state index >= 15 is 0 Å². The van der Waals surface area contributed by atoms with Crippen LogP contribution in [0.5, 0.6) is 5.75 Å². The van der Waals surface area contributed by atoms with Crippen LogP contribution >= 0.6 is 0 Å². The highest BCUT2D eigenvalue weighted by Gasteiger charge is 2.33. The van der Waals surface area contributed by atoms with Gasteiger partial charge in [0.05, 0.1) is 24.8 Å². The topological polar surface area (TPSA) is 47.4 Å². The molecule has 0 N–H and O–H groups in total. The predicted octanol–water partition coefficient (Wildman–Crippen LogP) is 5.17. The van der Waals surface area contributed by atoms with Crippen molar-refractivity contribution >= 4 is 12.0 Å². The van der Waals surface area contributed by atoms with E-state index in [0.29, 0.717) is 12.3 Å². The smallest absolute Gasteiger partial charge is 0.250 e. The first-order chi connectivity index (χ1) is 15.4. The van der Waals surface area contributed by atoms with Crippen molar-refractivity contribution in [3.8, 4) is 11.4 Å². The Kier molecular flexibility index (Phi) is 6.12. The second kappa shape index (κ2) is 8.99. The number of halogens is 1. The van der Waals surface area contributed by atoms with Crippen molar-refractivity contribution in [2.75, 3.05) is 7.11 Å². The van der Waals surface area contributed by atoms with Crippen LogP contribution in [0.25, 0.3) is 11.8 Å². The van der Waals surface area contributed by atoms with Crippen LogP contribution in [-0.2, 0) is 11.3 Å². The Morgan fingerprint density at radius 3 is 2.59 bits per heavy atom. The number of amides is 1. The number of hydrogen-bond acceptors (Lipinski definition) is 3. The molecule has 166 valence electrons. The summed E-state index contributed by atoms with van der Waals surface area (Å²) in [7, 11) is 1.64. The second-order valence-electron chi connectivity index (χ2n) is 8.50. The van der Waals surface area contributed by atoms with Gasteiger partial charge in [-0.1, -0.05) is 25.1 Å². The third-order valence-corrected chi connectivity index (χ3v) is 6.05. The summed E-state index contributed by atoms with van der Waals surface area (Å²) < 4.78 is 20.8. The van der Waals surface area contributed by atoms with Crippen LogP contribution in [-0.4, -0.2) is 33.5 Å². The summed E-state index contributed by atoms with van der Waals surface area (Å²) in [6.07, 6.45) is 6.54. The maximum absolute atomic E-state index is 13.4. The molecule has 3 aromatic rings. The molecule has 4 rings (SSSR count). The minimum atomic E-state index is -0.274. The third-order valence-electron chi connectivity index (χ3n) is 6.05. The Hall–Kier alpha value is -3.41. The van der Waals surface area contributed by atoms with Gasteiger partial charge in [0.15, 0.2) is 0 Å². The lowest BCUT2D eigenvalue weighted by atomic mass is 9.86. The lowest BCUT2D eigenvalue weighted by Gasteiger charge is -2.38. The number of aromatic nitrogens is 2. The van der Waals surface area contributed by atoms with E-state index in [0.717, 1.165) is 34.5 Å². The van der Waals surface area contributed by atoms with Gasteiger partial charge in [0.1, 0.15) is 11.6 Å². The van der Waals surface area contributed by atoms with Crippen molar-refractivity contribution in [3.05, 3.63) is 83.2 Å². The van der Waals surface area contributed by atoms with Gasteiger partial charge >= 0.3 is 0 Å². The molecular formula is C26H28FN3O2. The molecule has 2 heterocycles. The maximum atomic E-state index is 13.4. The lowest BCUT2D eigenvalue weighted by Crippen LogP contribution is -2.45. The normalized spacial score (nSPS) is 20.1. The van der Waals surface area contributed by atoms with Gasteiger partial charge < -0.3 is 14.2 Å². The molecule has 1 aliphatic rings. The van der Waals surface area contributed by atoms with E-state index < -0.39 is 0 Å². The largest absolute Gasteiger partial charge is 0.495 e. The SMILES string of the molecule is COc1cc(C=C2C(=O)N(Cc3ccc(F)cc3)[C@H](C)C[C@H]2C)ccc1-n1cnc(C)c1. The summed E-state index contributed by atoms with van der Waals surface area (Å²) in [5, 5.41) is 0. The quantitative estimate of drug-likeness (QED) is 0.522. The van der Waals surface area contributed by atoms with Gasteiger partial charge in [-0.2, -0.15) is 0 Å². The van der Waals surface area contributed by atoms with E-state index in [1.54, 1.807) is 25.6 Å². The summed E-state index contributed by atoms with van der Waals surface area (Å²) in [5.41, 5.74) is 4.43. The van der Waals surface area contributed by atoms with Crippen LogP contribution in [0, 0.1) is 18.7 Å². The molecule has 0 radical (unpaired) electrons. The first-order valence-electron chi connectivity index (χ1n) is 10.8. The fourth-order valence-electron chi connectivity index (χ4n) is 4.29. The maximum Gasteiger partial charge on any atom is 0.250 e. The average Bonchev–Trinajstić information content (AvgIpc) is 3.21. The van der Waals surface area contributed by atoms with Gasteiger partial charge in [0, 0.05) is 24.4 Å². The Labute approximate surface area is 188 Å². The van der Waals surface area contributed by atoms with Gasteiger partial charge in [-0.25, -0.2) is 9.37 Å². The monoisotopic (exact) mass is 433 g/mol. The van der Waals surface area contributed by atoms with Crippen LogP contribution in [0.15, 0.2) is 60.6 Å². The summed E-state index contributed by atoms with van der Waals surface area (Å²) in [6.45, 7) is 6.57. The highest BCUT2D eigenvalue weighted by atomic mass is 19.1. The number of methoxy groups -OCH3 is 1. The fraction of sp³-hybridized carbons (Fsp3) is 0.308. The standard InChI is InChI=1S/C26H28FN3O2/c1-17-11-19(3)30(15-20-5-8-22(27)9-6-20)26(31)23(17)12-21-7-10-24(25(13-21)32-4)29-14-18(2)28-16-29/h5-10,12-14,16-17,19H,11,15H2,1-4H3/t17-,19-/m1/s1. The number of benzene rings is 2. The molecule has 0 saturated carbocycles. The molecule has 0 spiro atoms. The number of ether oxygens (including phenoxy) is 1. The number of carbonyl (C=O) groups is 1. The van der Waals surface area contributed by atoms with Gasteiger partial charge in [0.2, 0.25) is 0 Å². The summed E-state index contributed by atoms with van der Waals surface area (Å²) >= 11 is 0. The highest BCUT2D eigenvalue weighted by Crippen LogP contribution is 2.32. The molecule has 0 aliphatic carbocycles. The minimum Gasteiger partial charge on any atom is -0.495 e. The van der Waals surface area contributed by atoms with E-state index in [-0.39, 0.29) is 23.7 Å². The molecule has 6 heteroatoms.